The second-order valence-electron chi connectivity index (χ2n) is 7.87. The number of phenols is 1. The molecular weight excluding hydrogens is 352 g/mol. The molecule has 5 heteroatoms. The number of rotatable bonds is 3. The van der Waals surface area contributed by atoms with E-state index in [4.69, 9.17) is 0 Å². The summed E-state index contributed by atoms with van der Waals surface area (Å²) in [5, 5.41) is 13.1. The van der Waals surface area contributed by atoms with Crippen LogP contribution in [0.15, 0.2) is 30.3 Å². The van der Waals surface area contributed by atoms with Gasteiger partial charge in [0, 0.05) is 18.2 Å². The summed E-state index contributed by atoms with van der Waals surface area (Å²) in [7, 11) is 0. The maximum Gasteiger partial charge on any atom is 0.251 e. The minimum atomic E-state index is -0.659. The summed E-state index contributed by atoms with van der Waals surface area (Å²) in [5.41, 5.74) is 4.92. The van der Waals surface area contributed by atoms with Crippen LogP contribution in [0.3, 0.4) is 0 Å². The highest BCUT2D eigenvalue weighted by Gasteiger charge is 2.36. The molecule has 3 rings (SSSR count). The summed E-state index contributed by atoms with van der Waals surface area (Å²) in [6, 6.07) is 8.94. The number of benzene rings is 2. The Bertz CT molecular complexity index is 934. The van der Waals surface area contributed by atoms with Gasteiger partial charge in [0.05, 0.1) is 0 Å². The highest BCUT2D eigenvalue weighted by molar-refractivity contribution is 5.99. The van der Waals surface area contributed by atoms with Crippen LogP contribution in [-0.4, -0.2) is 28.4 Å². The number of hydrogen-bond donors (Lipinski definition) is 2. The van der Waals surface area contributed by atoms with Crippen LogP contribution >= 0.6 is 0 Å². The zero-order valence-corrected chi connectivity index (χ0v) is 17.2. The summed E-state index contributed by atoms with van der Waals surface area (Å²) < 4.78 is 0. The van der Waals surface area contributed by atoms with Crippen molar-refractivity contribution in [2.45, 2.75) is 47.1 Å². The average molecular weight is 380 g/mol. The van der Waals surface area contributed by atoms with Gasteiger partial charge in [-0.25, -0.2) is 0 Å². The van der Waals surface area contributed by atoms with Crippen molar-refractivity contribution in [2.24, 2.45) is 5.92 Å². The fraction of sp³-hybridized carbons (Fsp3) is 0.391. The molecule has 0 aliphatic carbocycles. The van der Waals surface area contributed by atoms with Crippen molar-refractivity contribution >= 4 is 17.5 Å². The fourth-order valence-electron chi connectivity index (χ4n) is 3.82. The molecule has 1 unspecified atom stereocenters. The number of carbonyl (C=O) groups is 2. The van der Waals surface area contributed by atoms with Gasteiger partial charge in [0.1, 0.15) is 11.8 Å². The highest BCUT2D eigenvalue weighted by atomic mass is 16.3. The van der Waals surface area contributed by atoms with Gasteiger partial charge in [-0.2, -0.15) is 0 Å². The largest absolute Gasteiger partial charge is 0.507 e. The maximum atomic E-state index is 13.4. The van der Waals surface area contributed by atoms with Gasteiger partial charge in [-0.1, -0.05) is 38.1 Å². The van der Waals surface area contributed by atoms with Crippen molar-refractivity contribution in [3.63, 3.8) is 0 Å². The topological polar surface area (TPSA) is 69.6 Å². The first-order chi connectivity index (χ1) is 13.2. The molecule has 0 radical (unpaired) electrons. The van der Waals surface area contributed by atoms with Crippen LogP contribution in [0.25, 0.3) is 0 Å². The Morgan fingerprint density at radius 3 is 2.50 bits per heavy atom. The number of aryl methyl sites for hydroxylation is 1. The maximum absolute atomic E-state index is 13.4. The fourth-order valence-corrected chi connectivity index (χ4v) is 3.82. The first-order valence-electron chi connectivity index (χ1n) is 9.71. The molecule has 2 N–H and O–H groups in total. The van der Waals surface area contributed by atoms with Crippen LogP contribution in [0.1, 0.15) is 47.7 Å². The van der Waals surface area contributed by atoms with Gasteiger partial charge >= 0.3 is 0 Å². The summed E-state index contributed by atoms with van der Waals surface area (Å²) in [6.07, 6.45) is 0.745. The smallest absolute Gasteiger partial charge is 0.251 e. The van der Waals surface area contributed by atoms with Gasteiger partial charge < -0.3 is 15.3 Å². The van der Waals surface area contributed by atoms with Gasteiger partial charge in [-0.05, 0) is 61.1 Å². The quantitative estimate of drug-likeness (QED) is 0.790. The van der Waals surface area contributed by atoms with Crippen molar-refractivity contribution in [1.82, 2.24) is 4.90 Å². The molecule has 1 aliphatic heterocycles. The van der Waals surface area contributed by atoms with Crippen molar-refractivity contribution in [3.05, 3.63) is 58.1 Å². The lowest BCUT2D eigenvalue weighted by Gasteiger charge is -2.37. The Kier molecular flexibility index (Phi) is 5.45. The first kappa shape index (κ1) is 19.9. The molecule has 5 nitrogen and oxygen atoms in total. The SMILES string of the molecule is Cc1cc(NC(=O)C2c3ccccc3CCN2C(=O)C(C)C)c(C)c(C)c1O. The Morgan fingerprint density at radius 1 is 1.14 bits per heavy atom. The highest BCUT2D eigenvalue weighted by Crippen LogP contribution is 2.34. The lowest BCUT2D eigenvalue weighted by molar-refractivity contribution is -0.142. The monoisotopic (exact) mass is 380 g/mol. The molecule has 0 fully saturated rings. The molecule has 1 aliphatic rings. The Balaban J connectivity index is 2.01. The zero-order valence-electron chi connectivity index (χ0n) is 17.2. The molecule has 0 saturated carbocycles. The molecule has 1 heterocycles. The van der Waals surface area contributed by atoms with E-state index in [-0.39, 0.29) is 23.5 Å². The van der Waals surface area contributed by atoms with Crippen LogP contribution < -0.4 is 5.32 Å². The lowest BCUT2D eigenvalue weighted by atomic mass is 9.91. The van der Waals surface area contributed by atoms with Crippen molar-refractivity contribution in [3.8, 4) is 5.75 Å². The predicted octanol–water partition coefficient (Wildman–Crippen LogP) is 4.04. The van der Waals surface area contributed by atoms with Crippen molar-refractivity contribution < 1.29 is 14.7 Å². The molecule has 0 saturated heterocycles. The predicted molar refractivity (Wildman–Crippen MR) is 110 cm³/mol. The number of fused-ring (bicyclic) bond motifs is 1. The Morgan fingerprint density at radius 2 is 1.82 bits per heavy atom. The lowest BCUT2D eigenvalue weighted by Crippen LogP contribution is -2.46. The van der Waals surface area contributed by atoms with Crippen LogP contribution in [0.5, 0.6) is 5.75 Å². The number of anilines is 1. The molecule has 2 aromatic carbocycles. The number of nitrogens with one attached hydrogen (secondary N) is 1. The second kappa shape index (κ2) is 7.66. The van der Waals surface area contributed by atoms with E-state index < -0.39 is 6.04 Å². The molecule has 0 aromatic heterocycles. The van der Waals surface area contributed by atoms with E-state index in [1.807, 2.05) is 58.9 Å². The standard InChI is InChI=1S/C23H28N2O3/c1-13(2)23(28)25-11-10-17-8-6-7-9-18(17)20(25)22(27)24-19-12-14(3)21(26)16(5)15(19)4/h6-9,12-13,20,26H,10-11H2,1-5H3,(H,24,27). The minimum absolute atomic E-state index is 0.0237. The number of hydrogen-bond acceptors (Lipinski definition) is 3. The first-order valence-corrected chi connectivity index (χ1v) is 9.71. The van der Waals surface area contributed by atoms with E-state index in [9.17, 15) is 14.7 Å². The summed E-state index contributed by atoms with van der Waals surface area (Å²) in [4.78, 5) is 27.9. The van der Waals surface area contributed by atoms with E-state index in [1.165, 1.54) is 0 Å². The summed E-state index contributed by atoms with van der Waals surface area (Å²) >= 11 is 0. The number of nitrogens with zero attached hydrogens (tertiary/aromatic N) is 1. The average Bonchev–Trinajstić information content (AvgIpc) is 2.68. The minimum Gasteiger partial charge on any atom is -0.507 e. The summed E-state index contributed by atoms with van der Waals surface area (Å²) in [6.45, 7) is 9.75. The molecule has 148 valence electrons. The normalized spacial score (nSPS) is 16.1. The van der Waals surface area contributed by atoms with Gasteiger partial charge in [0.25, 0.3) is 5.91 Å². The third-order valence-corrected chi connectivity index (χ3v) is 5.62. The van der Waals surface area contributed by atoms with Gasteiger partial charge in [0.15, 0.2) is 0 Å². The van der Waals surface area contributed by atoms with Gasteiger partial charge in [0.2, 0.25) is 5.91 Å². The summed E-state index contributed by atoms with van der Waals surface area (Å²) in [5.74, 6) is -0.186. The zero-order chi connectivity index (χ0) is 20.6. The molecule has 2 aromatic rings. The second-order valence-corrected chi connectivity index (χ2v) is 7.87. The number of carbonyl (C=O) groups excluding carboxylic acids is 2. The van der Waals surface area contributed by atoms with Crippen LogP contribution in [-0.2, 0) is 16.0 Å². The molecule has 28 heavy (non-hydrogen) atoms. The molecule has 0 spiro atoms. The van der Waals surface area contributed by atoms with E-state index in [1.54, 1.807) is 11.0 Å². The third-order valence-electron chi connectivity index (χ3n) is 5.62. The van der Waals surface area contributed by atoms with Crippen LogP contribution in [0.2, 0.25) is 0 Å². The molecular formula is C23H28N2O3. The molecule has 0 bridgehead atoms. The number of phenolic OH excluding ortho intramolecular Hbond substituents is 1. The van der Waals surface area contributed by atoms with Gasteiger partial charge in [-0.3, -0.25) is 9.59 Å². The third kappa shape index (κ3) is 3.49. The molecule has 1 atom stereocenters. The Labute approximate surface area is 166 Å². The van der Waals surface area contributed by atoms with E-state index in [2.05, 4.69) is 5.32 Å². The van der Waals surface area contributed by atoms with Gasteiger partial charge in [-0.15, -0.1) is 0 Å². The number of amides is 2. The van der Waals surface area contributed by atoms with Crippen LogP contribution in [0, 0.1) is 26.7 Å². The number of aromatic hydroxyl groups is 1. The van der Waals surface area contributed by atoms with Crippen molar-refractivity contribution in [1.29, 1.82) is 0 Å². The van der Waals surface area contributed by atoms with Crippen LogP contribution in [0.4, 0.5) is 5.69 Å². The molecule has 2 amide bonds. The Hall–Kier alpha value is -2.82. The van der Waals surface area contributed by atoms with Crippen molar-refractivity contribution in [2.75, 3.05) is 11.9 Å². The van der Waals surface area contributed by atoms with E-state index >= 15 is 0 Å². The van der Waals surface area contributed by atoms with E-state index in [0.29, 0.717) is 17.8 Å². The van der Waals surface area contributed by atoms with E-state index in [0.717, 1.165) is 28.7 Å².